The highest BCUT2D eigenvalue weighted by Crippen LogP contribution is 2.28. The minimum atomic E-state index is -0.193. The zero-order valence-corrected chi connectivity index (χ0v) is 18.7. The molecule has 0 fully saturated rings. The summed E-state index contributed by atoms with van der Waals surface area (Å²) in [5.41, 5.74) is 2.47. The molecular weight excluding hydrogens is 446 g/mol. The fourth-order valence-corrected chi connectivity index (χ4v) is 5.02. The molecule has 2 aromatic carbocycles. The minimum absolute atomic E-state index is 0.00728. The Morgan fingerprint density at radius 1 is 1.16 bits per heavy atom. The molecular formula is C24H20ClN3O3S. The standard InChI is InChI=1S/C24H20ClN3O3S/c25-17-9-10-19-20(13-17)26-24(28(23(19)30)14-18-7-4-12-31-18)32-15-22(29)27-11-3-6-16-5-1-2-8-21(16)27/h1-2,4-5,7-10,12-13H,3,6,11,14-15H2. The summed E-state index contributed by atoms with van der Waals surface area (Å²) >= 11 is 7.38. The van der Waals surface area contributed by atoms with Crippen molar-refractivity contribution in [3.05, 3.63) is 87.6 Å². The number of benzene rings is 2. The first-order valence-electron chi connectivity index (χ1n) is 10.3. The number of amides is 1. The van der Waals surface area contributed by atoms with Crippen LogP contribution in [0.4, 0.5) is 5.69 Å². The zero-order valence-electron chi connectivity index (χ0n) is 17.2. The number of carbonyl (C=O) groups excluding carboxylic acids is 1. The molecule has 0 saturated carbocycles. The maximum absolute atomic E-state index is 13.2. The molecule has 0 spiro atoms. The van der Waals surface area contributed by atoms with E-state index < -0.39 is 0 Å². The number of hydrogen-bond donors (Lipinski definition) is 0. The Morgan fingerprint density at radius 3 is 2.88 bits per heavy atom. The van der Waals surface area contributed by atoms with E-state index in [1.807, 2.05) is 29.2 Å². The van der Waals surface area contributed by atoms with Gasteiger partial charge in [-0.15, -0.1) is 0 Å². The van der Waals surface area contributed by atoms with Crippen molar-refractivity contribution in [1.82, 2.24) is 9.55 Å². The Balaban J connectivity index is 1.47. The lowest BCUT2D eigenvalue weighted by Gasteiger charge is -2.29. The Bertz CT molecular complexity index is 1350. The first kappa shape index (κ1) is 20.8. The molecule has 0 bridgehead atoms. The molecule has 4 aromatic rings. The number of thioether (sulfide) groups is 1. The van der Waals surface area contributed by atoms with E-state index in [-0.39, 0.29) is 23.8 Å². The van der Waals surface area contributed by atoms with E-state index in [0.29, 0.717) is 33.4 Å². The molecule has 0 saturated heterocycles. The summed E-state index contributed by atoms with van der Waals surface area (Å²) in [6, 6.07) is 16.6. The lowest BCUT2D eigenvalue weighted by Crippen LogP contribution is -2.36. The summed E-state index contributed by atoms with van der Waals surface area (Å²) < 4.78 is 7.00. The van der Waals surface area contributed by atoms with Gasteiger partial charge in [0.05, 0.1) is 29.5 Å². The summed E-state index contributed by atoms with van der Waals surface area (Å²) in [7, 11) is 0. The molecule has 0 unspecified atom stereocenters. The maximum Gasteiger partial charge on any atom is 0.262 e. The molecule has 5 rings (SSSR count). The summed E-state index contributed by atoms with van der Waals surface area (Å²) in [6.07, 6.45) is 3.48. The Kier molecular flexibility index (Phi) is 5.76. The van der Waals surface area contributed by atoms with Gasteiger partial charge in [0, 0.05) is 17.3 Å². The van der Waals surface area contributed by atoms with Crippen LogP contribution >= 0.6 is 23.4 Å². The average molecular weight is 466 g/mol. The molecule has 2 aromatic heterocycles. The summed E-state index contributed by atoms with van der Waals surface area (Å²) in [5, 5.41) is 1.44. The van der Waals surface area contributed by atoms with Gasteiger partial charge in [-0.25, -0.2) is 4.98 Å². The van der Waals surface area contributed by atoms with E-state index in [4.69, 9.17) is 16.0 Å². The number of nitrogens with zero attached hydrogens (tertiary/aromatic N) is 3. The first-order chi connectivity index (χ1) is 15.6. The molecule has 8 heteroatoms. The molecule has 1 aliphatic heterocycles. The number of aromatic nitrogens is 2. The van der Waals surface area contributed by atoms with Crippen molar-refractivity contribution in [2.24, 2.45) is 0 Å². The van der Waals surface area contributed by atoms with Gasteiger partial charge < -0.3 is 9.32 Å². The van der Waals surface area contributed by atoms with Crippen LogP contribution in [0.15, 0.2) is 75.2 Å². The van der Waals surface area contributed by atoms with Crippen LogP contribution in [0.3, 0.4) is 0 Å². The number of fused-ring (bicyclic) bond motifs is 2. The van der Waals surface area contributed by atoms with Crippen LogP contribution in [-0.4, -0.2) is 27.8 Å². The van der Waals surface area contributed by atoms with Gasteiger partial charge in [0.15, 0.2) is 5.16 Å². The zero-order chi connectivity index (χ0) is 22.1. The highest BCUT2D eigenvalue weighted by molar-refractivity contribution is 7.99. The van der Waals surface area contributed by atoms with Crippen LogP contribution in [0.5, 0.6) is 0 Å². The third kappa shape index (κ3) is 4.06. The maximum atomic E-state index is 13.2. The number of furan rings is 1. The third-order valence-corrected chi connectivity index (χ3v) is 6.71. The fourth-order valence-electron chi connectivity index (χ4n) is 3.98. The van der Waals surface area contributed by atoms with Crippen molar-refractivity contribution in [3.63, 3.8) is 0 Å². The van der Waals surface area contributed by atoms with E-state index in [1.54, 1.807) is 35.1 Å². The minimum Gasteiger partial charge on any atom is -0.467 e. The molecule has 0 atom stereocenters. The molecule has 0 N–H and O–H groups in total. The van der Waals surface area contributed by atoms with Crippen LogP contribution in [0.1, 0.15) is 17.7 Å². The molecule has 3 heterocycles. The lowest BCUT2D eigenvalue weighted by atomic mass is 10.0. The molecule has 0 aliphatic carbocycles. The van der Waals surface area contributed by atoms with Crippen molar-refractivity contribution in [3.8, 4) is 0 Å². The van der Waals surface area contributed by atoms with Gasteiger partial charge in [-0.2, -0.15) is 0 Å². The van der Waals surface area contributed by atoms with Crippen LogP contribution in [-0.2, 0) is 17.8 Å². The Morgan fingerprint density at radius 2 is 2.03 bits per heavy atom. The number of aryl methyl sites for hydroxylation is 1. The van der Waals surface area contributed by atoms with Crippen LogP contribution in [0.2, 0.25) is 5.02 Å². The molecule has 1 amide bonds. The second-order valence-electron chi connectivity index (χ2n) is 7.59. The number of para-hydroxylation sites is 1. The number of anilines is 1. The predicted molar refractivity (Wildman–Crippen MR) is 127 cm³/mol. The highest BCUT2D eigenvalue weighted by atomic mass is 35.5. The highest BCUT2D eigenvalue weighted by Gasteiger charge is 2.23. The molecule has 0 radical (unpaired) electrons. The van der Waals surface area contributed by atoms with E-state index in [1.165, 1.54) is 17.3 Å². The average Bonchev–Trinajstić information content (AvgIpc) is 3.32. The molecule has 162 valence electrons. The predicted octanol–water partition coefficient (Wildman–Crippen LogP) is 4.76. The Hall–Kier alpha value is -3.03. The fraction of sp³-hybridized carbons (Fsp3) is 0.208. The van der Waals surface area contributed by atoms with Crippen molar-refractivity contribution in [2.45, 2.75) is 24.5 Å². The number of hydrogen-bond acceptors (Lipinski definition) is 5. The van der Waals surface area contributed by atoms with Gasteiger partial charge >= 0.3 is 0 Å². The van der Waals surface area contributed by atoms with Crippen molar-refractivity contribution < 1.29 is 9.21 Å². The van der Waals surface area contributed by atoms with Gasteiger partial charge in [-0.3, -0.25) is 14.2 Å². The smallest absolute Gasteiger partial charge is 0.262 e. The Labute approximate surface area is 193 Å². The second kappa shape index (κ2) is 8.84. The summed E-state index contributed by atoms with van der Waals surface area (Å²) in [6.45, 7) is 0.927. The van der Waals surface area contributed by atoms with E-state index in [2.05, 4.69) is 11.1 Å². The van der Waals surface area contributed by atoms with Crippen LogP contribution in [0.25, 0.3) is 10.9 Å². The number of carbonyl (C=O) groups is 1. The molecule has 32 heavy (non-hydrogen) atoms. The quantitative estimate of drug-likeness (QED) is 0.314. The van der Waals surface area contributed by atoms with Gasteiger partial charge in [0.1, 0.15) is 5.76 Å². The van der Waals surface area contributed by atoms with E-state index in [9.17, 15) is 9.59 Å². The summed E-state index contributed by atoms with van der Waals surface area (Å²) in [4.78, 5) is 32.8. The number of halogens is 1. The monoisotopic (exact) mass is 465 g/mol. The SMILES string of the molecule is O=C(CSc1nc2cc(Cl)ccc2c(=O)n1Cc1ccco1)N1CCCc2ccccc21. The van der Waals surface area contributed by atoms with Gasteiger partial charge in [0.25, 0.3) is 5.56 Å². The molecule has 6 nitrogen and oxygen atoms in total. The van der Waals surface area contributed by atoms with Crippen LogP contribution in [0, 0.1) is 0 Å². The number of rotatable bonds is 5. The van der Waals surface area contributed by atoms with Crippen molar-refractivity contribution >= 4 is 45.9 Å². The van der Waals surface area contributed by atoms with Crippen LogP contribution < -0.4 is 10.5 Å². The van der Waals surface area contributed by atoms with E-state index in [0.717, 1.165) is 18.5 Å². The normalized spacial score (nSPS) is 13.3. The van der Waals surface area contributed by atoms with Gasteiger partial charge in [0.2, 0.25) is 5.91 Å². The largest absolute Gasteiger partial charge is 0.467 e. The molecule has 1 aliphatic rings. The van der Waals surface area contributed by atoms with Crippen molar-refractivity contribution in [1.29, 1.82) is 0 Å². The third-order valence-electron chi connectivity index (χ3n) is 5.51. The van der Waals surface area contributed by atoms with Crippen molar-refractivity contribution in [2.75, 3.05) is 17.2 Å². The van der Waals surface area contributed by atoms with E-state index >= 15 is 0 Å². The lowest BCUT2D eigenvalue weighted by molar-refractivity contribution is -0.116. The topological polar surface area (TPSA) is 68.3 Å². The van der Waals surface area contributed by atoms with Gasteiger partial charge in [-0.05, 0) is 54.8 Å². The van der Waals surface area contributed by atoms with Gasteiger partial charge in [-0.1, -0.05) is 41.6 Å². The second-order valence-corrected chi connectivity index (χ2v) is 8.97. The first-order valence-corrected chi connectivity index (χ1v) is 11.7. The summed E-state index contributed by atoms with van der Waals surface area (Å²) in [5.74, 6) is 0.804.